The number of likely N-dealkylation sites (N-methyl/N-ethyl adjacent to an activating group) is 1. The van der Waals surface area contributed by atoms with Crippen LogP contribution in [-0.4, -0.2) is 35.3 Å². The Morgan fingerprint density at radius 1 is 1.12 bits per heavy atom. The standard InChI is InChI=1S/C22H27FN2O/c1-16-6-7-19(13-17(16)2)14-24(3)22(26)21-5-4-12-25(21)15-18-8-10-20(23)11-9-18/h6-11,13,21H,4-5,12,14-15H2,1-3H3. The molecule has 1 aliphatic rings. The number of benzene rings is 2. The van der Waals surface area contributed by atoms with Crippen molar-refractivity contribution in [2.24, 2.45) is 0 Å². The number of rotatable bonds is 5. The lowest BCUT2D eigenvalue weighted by molar-refractivity contribution is -0.135. The fourth-order valence-corrected chi connectivity index (χ4v) is 3.63. The molecule has 0 bridgehead atoms. The number of hydrogen-bond acceptors (Lipinski definition) is 2. The molecule has 1 unspecified atom stereocenters. The Bertz CT molecular complexity index is 772. The first kappa shape index (κ1) is 18.6. The van der Waals surface area contributed by atoms with Crippen LogP contribution in [-0.2, 0) is 17.9 Å². The number of hydrogen-bond donors (Lipinski definition) is 0. The minimum atomic E-state index is -0.226. The van der Waals surface area contributed by atoms with E-state index < -0.39 is 0 Å². The second-order valence-corrected chi connectivity index (χ2v) is 7.37. The van der Waals surface area contributed by atoms with Crippen molar-refractivity contribution in [1.82, 2.24) is 9.80 Å². The average molecular weight is 354 g/mol. The lowest BCUT2D eigenvalue weighted by Gasteiger charge is -2.28. The van der Waals surface area contributed by atoms with Crippen LogP contribution in [0.5, 0.6) is 0 Å². The molecule has 4 heteroatoms. The average Bonchev–Trinajstić information content (AvgIpc) is 3.07. The van der Waals surface area contributed by atoms with Crippen molar-refractivity contribution in [2.45, 2.75) is 45.8 Å². The van der Waals surface area contributed by atoms with Crippen LogP contribution in [0, 0.1) is 19.7 Å². The van der Waals surface area contributed by atoms with Gasteiger partial charge in [-0.3, -0.25) is 9.69 Å². The zero-order valence-electron chi connectivity index (χ0n) is 15.8. The molecule has 1 saturated heterocycles. The molecule has 3 nitrogen and oxygen atoms in total. The fourth-order valence-electron chi connectivity index (χ4n) is 3.63. The van der Waals surface area contributed by atoms with Crippen molar-refractivity contribution in [3.63, 3.8) is 0 Å². The maximum atomic E-state index is 13.1. The second kappa shape index (κ2) is 8.00. The first-order valence-corrected chi connectivity index (χ1v) is 9.23. The van der Waals surface area contributed by atoms with Gasteiger partial charge >= 0.3 is 0 Å². The van der Waals surface area contributed by atoms with E-state index >= 15 is 0 Å². The van der Waals surface area contributed by atoms with Gasteiger partial charge in [-0.25, -0.2) is 4.39 Å². The van der Waals surface area contributed by atoms with Crippen molar-refractivity contribution < 1.29 is 9.18 Å². The SMILES string of the molecule is Cc1ccc(CN(C)C(=O)C2CCCN2Cc2ccc(F)cc2)cc1C. The Morgan fingerprint density at radius 3 is 2.50 bits per heavy atom. The zero-order chi connectivity index (χ0) is 18.7. The van der Waals surface area contributed by atoms with Crippen LogP contribution in [0.4, 0.5) is 4.39 Å². The van der Waals surface area contributed by atoms with Gasteiger partial charge in [0.25, 0.3) is 0 Å². The number of nitrogens with zero attached hydrogens (tertiary/aromatic N) is 2. The van der Waals surface area contributed by atoms with E-state index in [2.05, 4.69) is 36.9 Å². The number of halogens is 1. The highest BCUT2D eigenvalue weighted by Crippen LogP contribution is 2.22. The minimum absolute atomic E-state index is 0.0865. The molecule has 1 heterocycles. The van der Waals surface area contributed by atoms with Crippen molar-refractivity contribution in [3.05, 3.63) is 70.5 Å². The van der Waals surface area contributed by atoms with Crippen LogP contribution in [0.25, 0.3) is 0 Å². The van der Waals surface area contributed by atoms with E-state index in [0.29, 0.717) is 13.1 Å². The normalized spacial score (nSPS) is 17.5. The van der Waals surface area contributed by atoms with Crippen LogP contribution in [0.2, 0.25) is 0 Å². The van der Waals surface area contributed by atoms with Gasteiger partial charge < -0.3 is 4.90 Å². The largest absolute Gasteiger partial charge is 0.340 e. The Morgan fingerprint density at radius 2 is 1.81 bits per heavy atom. The van der Waals surface area contributed by atoms with Crippen LogP contribution < -0.4 is 0 Å². The predicted octanol–water partition coefficient (Wildman–Crippen LogP) is 4.07. The van der Waals surface area contributed by atoms with Crippen molar-refractivity contribution in [2.75, 3.05) is 13.6 Å². The lowest BCUT2D eigenvalue weighted by Crippen LogP contribution is -2.43. The third-order valence-corrected chi connectivity index (χ3v) is 5.31. The molecule has 1 atom stereocenters. The molecule has 0 aromatic heterocycles. The summed E-state index contributed by atoms with van der Waals surface area (Å²) in [4.78, 5) is 17.0. The smallest absolute Gasteiger partial charge is 0.239 e. The zero-order valence-corrected chi connectivity index (χ0v) is 15.8. The van der Waals surface area contributed by atoms with Crippen LogP contribution >= 0.6 is 0 Å². The quantitative estimate of drug-likeness (QED) is 0.808. The van der Waals surface area contributed by atoms with E-state index in [1.165, 1.54) is 23.3 Å². The van der Waals surface area contributed by atoms with Gasteiger partial charge in [-0.2, -0.15) is 0 Å². The van der Waals surface area contributed by atoms with Gasteiger partial charge in [-0.1, -0.05) is 30.3 Å². The van der Waals surface area contributed by atoms with E-state index in [4.69, 9.17) is 0 Å². The summed E-state index contributed by atoms with van der Waals surface area (Å²) >= 11 is 0. The third kappa shape index (κ3) is 4.31. The van der Waals surface area contributed by atoms with E-state index in [1.807, 2.05) is 11.9 Å². The summed E-state index contributed by atoms with van der Waals surface area (Å²) < 4.78 is 13.1. The summed E-state index contributed by atoms with van der Waals surface area (Å²) in [7, 11) is 1.88. The molecule has 138 valence electrons. The van der Waals surface area contributed by atoms with Gasteiger partial charge in [-0.05, 0) is 67.6 Å². The Labute approximate surface area is 155 Å². The molecular weight excluding hydrogens is 327 g/mol. The maximum Gasteiger partial charge on any atom is 0.239 e. The molecule has 1 fully saturated rings. The number of carbonyl (C=O) groups is 1. The Balaban J connectivity index is 1.64. The van der Waals surface area contributed by atoms with Crippen molar-refractivity contribution >= 4 is 5.91 Å². The molecule has 0 aliphatic carbocycles. The van der Waals surface area contributed by atoms with Crippen LogP contribution in [0.15, 0.2) is 42.5 Å². The Kier molecular flexibility index (Phi) is 5.72. The molecule has 1 amide bonds. The van der Waals surface area contributed by atoms with Crippen LogP contribution in [0.3, 0.4) is 0 Å². The number of aryl methyl sites for hydroxylation is 2. The molecule has 2 aromatic carbocycles. The number of amides is 1. The van der Waals surface area contributed by atoms with E-state index in [9.17, 15) is 9.18 Å². The van der Waals surface area contributed by atoms with Gasteiger partial charge in [0.05, 0.1) is 6.04 Å². The molecular formula is C22H27FN2O. The van der Waals surface area contributed by atoms with Gasteiger partial charge in [0.1, 0.15) is 5.82 Å². The molecule has 26 heavy (non-hydrogen) atoms. The molecule has 0 radical (unpaired) electrons. The minimum Gasteiger partial charge on any atom is -0.340 e. The van der Waals surface area contributed by atoms with Gasteiger partial charge in [-0.15, -0.1) is 0 Å². The summed E-state index contributed by atoms with van der Waals surface area (Å²) in [5.41, 5.74) is 4.72. The van der Waals surface area contributed by atoms with E-state index in [0.717, 1.165) is 30.5 Å². The highest BCUT2D eigenvalue weighted by molar-refractivity contribution is 5.82. The highest BCUT2D eigenvalue weighted by atomic mass is 19.1. The van der Waals surface area contributed by atoms with Gasteiger partial charge in [0.15, 0.2) is 0 Å². The molecule has 0 spiro atoms. The second-order valence-electron chi connectivity index (χ2n) is 7.37. The summed E-state index contributed by atoms with van der Waals surface area (Å²) in [5.74, 6) is -0.0567. The predicted molar refractivity (Wildman–Crippen MR) is 102 cm³/mol. The number of likely N-dealkylation sites (tertiary alicyclic amines) is 1. The summed E-state index contributed by atoms with van der Waals surface area (Å²) in [6.45, 7) is 6.42. The lowest BCUT2D eigenvalue weighted by atomic mass is 10.1. The topological polar surface area (TPSA) is 23.6 Å². The molecule has 3 rings (SSSR count). The van der Waals surface area contributed by atoms with E-state index in [1.54, 1.807) is 12.1 Å². The molecule has 0 N–H and O–H groups in total. The molecule has 1 aliphatic heterocycles. The fraction of sp³-hybridized carbons (Fsp3) is 0.409. The summed E-state index contributed by atoms with van der Waals surface area (Å²) in [6.07, 6.45) is 1.91. The molecule has 0 saturated carbocycles. The molecule has 2 aromatic rings. The van der Waals surface area contributed by atoms with Crippen molar-refractivity contribution in [3.8, 4) is 0 Å². The van der Waals surface area contributed by atoms with Gasteiger partial charge in [0.2, 0.25) is 5.91 Å². The third-order valence-electron chi connectivity index (χ3n) is 5.31. The first-order valence-electron chi connectivity index (χ1n) is 9.23. The Hall–Kier alpha value is -2.20. The maximum absolute atomic E-state index is 13.1. The van der Waals surface area contributed by atoms with E-state index in [-0.39, 0.29) is 17.8 Å². The first-order chi connectivity index (χ1) is 12.4. The monoisotopic (exact) mass is 354 g/mol. The van der Waals surface area contributed by atoms with Crippen molar-refractivity contribution in [1.29, 1.82) is 0 Å². The van der Waals surface area contributed by atoms with Crippen LogP contribution in [0.1, 0.15) is 35.1 Å². The van der Waals surface area contributed by atoms with Gasteiger partial charge in [0, 0.05) is 20.1 Å². The highest BCUT2D eigenvalue weighted by Gasteiger charge is 2.32. The number of carbonyl (C=O) groups excluding carboxylic acids is 1. The summed E-state index contributed by atoms with van der Waals surface area (Å²) in [5, 5.41) is 0. The summed E-state index contributed by atoms with van der Waals surface area (Å²) in [6, 6.07) is 12.8.